The predicted molar refractivity (Wildman–Crippen MR) is 34.2 cm³/mol. The number of hydrogen-bond acceptors (Lipinski definition) is 3. The van der Waals surface area contributed by atoms with E-state index in [1.54, 1.807) is 0 Å². The van der Waals surface area contributed by atoms with Crippen LogP contribution in [0.25, 0.3) is 0 Å². The van der Waals surface area contributed by atoms with Gasteiger partial charge in [-0.25, -0.2) is 4.79 Å². The predicted octanol–water partition coefficient (Wildman–Crippen LogP) is -1.55. The Labute approximate surface area is 71.0 Å². The van der Waals surface area contributed by atoms with Gasteiger partial charge in [0.05, 0.1) is 0 Å². The van der Waals surface area contributed by atoms with E-state index in [9.17, 15) is 9.59 Å². The molecule has 0 aliphatic carbocycles. The van der Waals surface area contributed by atoms with Crippen molar-refractivity contribution < 1.29 is 19.4 Å². The molecule has 0 unspecified atom stereocenters. The molecule has 0 heterocycles. The molecule has 0 atom stereocenters. The molecule has 52 valence electrons. The summed E-state index contributed by atoms with van der Waals surface area (Å²) in [7, 11) is 0. The molecule has 0 aliphatic heterocycles. The van der Waals surface area contributed by atoms with Gasteiger partial charge in [0.25, 0.3) is 0 Å². The third-order valence-corrected chi connectivity index (χ3v) is 0.399. The number of esters is 1. The van der Waals surface area contributed by atoms with Crippen LogP contribution in [0, 0.1) is 0 Å². The van der Waals surface area contributed by atoms with Gasteiger partial charge in [-0.15, -0.1) is 0 Å². The van der Waals surface area contributed by atoms with Crippen LogP contribution in [0.1, 0.15) is 6.92 Å². The van der Waals surface area contributed by atoms with Gasteiger partial charge in [-0.1, -0.05) is 0 Å². The first-order valence-electron chi connectivity index (χ1n) is 1.98. The van der Waals surface area contributed by atoms with Crippen molar-refractivity contribution in [3.05, 3.63) is 0 Å². The minimum absolute atomic E-state index is 0. The van der Waals surface area contributed by atoms with Crippen LogP contribution >= 0.6 is 0 Å². The van der Waals surface area contributed by atoms with Crippen molar-refractivity contribution in [1.29, 1.82) is 0 Å². The van der Waals surface area contributed by atoms with Crippen molar-refractivity contribution in [2.45, 2.75) is 6.92 Å². The summed E-state index contributed by atoms with van der Waals surface area (Å²) in [6.45, 7) is 0.609. The van der Waals surface area contributed by atoms with Crippen LogP contribution in [0.3, 0.4) is 0 Å². The third-order valence-electron chi connectivity index (χ3n) is 0.399. The molecule has 0 aromatic carbocycles. The molecule has 0 aliphatic rings. The van der Waals surface area contributed by atoms with Gasteiger partial charge in [0.2, 0.25) is 0 Å². The Morgan fingerprint density at radius 1 is 1.56 bits per heavy atom. The van der Waals surface area contributed by atoms with E-state index in [1.807, 2.05) is 0 Å². The second kappa shape index (κ2) is 5.94. The summed E-state index contributed by atoms with van der Waals surface area (Å²) in [5.74, 6) is -1.72. The molecule has 1 N–H and O–H groups in total. The van der Waals surface area contributed by atoms with Crippen LogP contribution in [0.2, 0.25) is 0 Å². The quantitative estimate of drug-likeness (QED) is 0.589. The van der Waals surface area contributed by atoms with Crippen LogP contribution in [-0.4, -0.2) is 49.5 Å². The molecular formula is C4H9InO4. The number of carboxylic acids is 1. The van der Waals surface area contributed by atoms with Crippen molar-refractivity contribution >= 4 is 37.8 Å². The zero-order chi connectivity index (χ0) is 6.57. The third kappa shape index (κ3) is 11.4. The number of rotatable bonds is 2. The Hall–Kier alpha value is -0.190. The Balaban J connectivity index is 0. The van der Waals surface area contributed by atoms with E-state index in [0.717, 1.165) is 6.92 Å². The average Bonchev–Trinajstić information content (AvgIpc) is 1.61. The fraction of sp³-hybridized carbons (Fsp3) is 0.500. The van der Waals surface area contributed by atoms with Crippen molar-refractivity contribution in [2.75, 3.05) is 6.61 Å². The van der Waals surface area contributed by atoms with E-state index in [-0.39, 0.29) is 25.8 Å². The zero-order valence-electron chi connectivity index (χ0n) is 4.38. The molecule has 0 rings (SSSR count). The van der Waals surface area contributed by atoms with Gasteiger partial charge in [0, 0.05) is 6.92 Å². The monoisotopic (exact) mass is 236 g/mol. The average molecular weight is 236 g/mol. The van der Waals surface area contributed by atoms with Gasteiger partial charge >= 0.3 is 37.8 Å². The number of ether oxygens (including phenoxy) is 1. The molecular weight excluding hydrogens is 227 g/mol. The first-order chi connectivity index (χ1) is 3.63. The molecule has 0 aromatic heterocycles. The molecule has 5 heteroatoms. The molecule has 4 nitrogen and oxygen atoms in total. The van der Waals surface area contributed by atoms with E-state index >= 15 is 0 Å². The van der Waals surface area contributed by atoms with Gasteiger partial charge in [-0.05, 0) is 0 Å². The van der Waals surface area contributed by atoms with Crippen molar-refractivity contribution in [3.63, 3.8) is 0 Å². The van der Waals surface area contributed by atoms with Gasteiger partial charge in [0.1, 0.15) is 0 Å². The molecule has 0 amide bonds. The first kappa shape index (κ1) is 11.6. The van der Waals surface area contributed by atoms with Crippen LogP contribution in [0.15, 0.2) is 0 Å². The number of carbonyl (C=O) groups is 2. The fourth-order valence-electron chi connectivity index (χ4n) is 0.163. The molecule has 0 spiro atoms. The second-order valence-corrected chi connectivity index (χ2v) is 1.17. The molecule has 0 aromatic rings. The summed E-state index contributed by atoms with van der Waals surface area (Å²) < 4.78 is 4.06. The summed E-state index contributed by atoms with van der Waals surface area (Å²) in [5.41, 5.74) is 0. The maximum absolute atomic E-state index is 9.86. The number of aliphatic carboxylic acids is 1. The summed E-state index contributed by atoms with van der Waals surface area (Å²) in [6.07, 6.45) is 0. The topological polar surface area (TPSA) is 63.6 Å². The molecule has 9 heavy (non-hydrogen) atoms. The van der Waals surface area contributed by atoms with Crippen LogP contribution in [0.5, 0.6) is 0 Å². The van der Waals surface area contributed by atoms with Crippen LogP contribution in [-0.2, 0) is 14.3 Å². The number of carbonyl (C=O) groups excluding carboxylic acids is 1. The summed E-state index contributed by atoms with van der Waals surface area (Å²) in [6, 6.07) is 0. The van der Waals surface area contributed by atoms with E-state index in [0.29, 0.717) is 0 Å². The van der Waals surface area contributed by atoms with Gasteiger partial charge in [-0.2, -0.15) is 0 Å². The maximum atomic E-state index is 9.86. The van der Waals surface area contributed by atoms with Gasteiger partial charge in [0.15, 0.2) is 6.61 Å². The summed E-state index contributed by atoms with van der Waals surface area (Å²) in [4.78, 5) is 19.5. The Morgan fingerprint density at radius 2 is 2.00 bits per heavy atom. The Kier molecular flexibility index (Phi) is 7.65. The van der Waals surface area contributed by atoms with E-state index < -0.39 is 18.5 Å². The van der Waals surface area contributed by atoms with Crippen LogP contribution < -0.4 is 0 Å². The Bertz CT molecular complexity index is 97.1. The van der Waals surface area contributed by atoms with Crippen LogP contribution in [0.4, 0.5) is 0 Å². The first-order valence-corrected chi connectivity index (χ1v) is 1.98. The standard InChI is InChI=1S/C4H6O4.In.3H/c1-3(5)8-2-4(6)7;;;;/h2H2,1H3,(H,6,7);;;;. The Morgan fingerprint density at radius 3 is 2.11 bits per heavy atom. The van der Waals surface area contributed by atoms with E-state index in [1.165, 1.54) is 0 Å². The second-order valence-electron chi connectivity index (χ2n) is 1.17. The minimum atomic E-state index is -1.14. The SMILES string of the molecule is CC(=O)OCC(=O)O.[InH3]. The number of hydrogen-bond donors (Lipinski definition) is 1. The van der Waals surface area contributed by atoms with Gasteiger partial charge in [-0.3, -0.25) is 4.79 Å². The van der Waals surface area contributed by atoms with Crippen molar-refractivity contribution in [2.24, 2.45) is 0 Å². The molecule has 0 radical (unpaired) electrons. The van der Waals surface area contributed by atoms with E-state index in [2.05, 4.69) is 4.74 Å². The van der Waals surface area contributed by atoms with Crippen molar-refractivity contribution in [3.8, 4) is 0 Å². The summed E-state index contributed by atoms with van der Waals surface area (Å²) >= 11 is 0. The number of carboxylic acid groups (broad SMARTS) is 1. The van der Waals surface area contributed by atoms with Gasteiger partial charge < -0.3 is 9.84 Å². The normalized spacial score (nSPS) is 7.22. The van der Waals surface area contributed by atoms with E-state index in [4.69, 9.17) is 5.11 Å². The molecule has 0 bridgehead atoms. The van der Waals surface area contributed by atoms with Crippen molar-refractivity contribution in [1.82, 2.24) is 0 Å². The molecule has 0 saturated carbocycles. The molecule has 0 saturated heterocycles. The zero-order valence-corrected chi connectivity index (χ0v) is 4.38. The summed E-state index contributed by atoms with van der Waals surface area (Å²) in [5, 5.41) is 7.89. The molecule has 0 fully saturated rings. The fourth-order valence-corrected chi connectivity index (χ4v) is 0.163.